The Morgan fingerprint density at radius 2 is 0.884 bits per heavy atom. The number of aliphatic hydroxyl groups excluding tert-OH is 3. The summed E-state index contributed by atoms with van der Waals surface area (Å²) >= 11 is 0. The molecule has 0 bridgehead atoms. The van der Waals surface area contributed by atoms with Gasteiger partial charge in [0.25, 0.3) is 0 Å². The van der Waals surface area contributed by atoms with Crippen LogP contribution in [0, 0.1) is 76.4 Å². The minimum Gasteiger partial charge on any atom is -1.00 e. The molecule has 0 amide bonds. The van der Waals surface area contributed by atoms with Gasteiger partial charge in [-0.1, -0.05) is 6.08 Å². The maximum Gasteiger partial charge on any atom is 2.00 e. The van der Waals surface area contributed by atoms with Crippen LogP contribution in [0.2, 0.25) is 0 Å². The molecule has 0 spiro atoms. The van der Waals surface area contributed by atoms with E-state index < -0.39 is 88.0 Å². The van der Waals surface area contributed by atoms with Gasteiger partial charge < -0.3 is 67.7 Å². The summed E-state index contributed by atoms with van der Waals surface area (Å²) in [7, 11) is 1.57. The van der Waals surface area contributed by atoms with Crippen molar-refractivity contribution in [2.24, 2.45) is 0 Å². The monoisotopic (exact) mass is 1300 g/mol. The van der Waals surface area contributed by atoms with E-state index in [0.29, 0.717) is 59.8 Å². The molecule has 3 radical (unpaired) electrons. The van der Waals surface area contributed by atoms with E-state index in [2.05, 4.69) is 19.7 Å². The molecule has 3 aliphatic heterocycles. The van der Waals surface area contributed by atoms with Gasteiger partial charge in [0.15, 0.2) is 0 Å². The number of hydrogen-bond donors (Lipinski definition) is 4. The molecule has 3 aliphatic rings. The molecule has 10 nitrogen and oxygen atoms in total. The Kier molecular flexibility index (Phi) is 43.4. The zero-order chi connectivity index (χ0) is 62.0. The van der Waals surface area contributed by atoms with Crippen LogP contribution in [-0.4, -0.2) is 135 Å². The number of carbonyl (C=O) groups excluding carboxylic acids is 1. The number of carboxylic acid groups (broad SMARTS) is 1. The summed E-state index contributed by atoms with van der Waals surface area (Å²) in [6, 6.07) is 18.9. The number of methoxy groups -OCH3 is 1. The van der Waals surface area contributed by atoms with Gasteiger partial charge in [0.1, 0.15) is 88.3 Å². The molecule has 0 aromatic heterocycles. The molecule has 4 N–H and O–H groups in total. The summed E-state index contributed by atoms with van der Waals surface area (Å²) in [5, 5.41) is 35.3. The molecule has 86 heavy (non-hydrogen) atoms. The molecule has 0 saturated carbocycles. The number of carboxylic acids is 1. The van der Waals surface area contributed by atoms with Crippen molar-refractivity contribution in [3.63, 3.8) is 0 Å². The Labute approximate surface area is 520 Å². The Morgan fingerprint density at radius 1 is 0.570 bits per heavy atom. The van der Waals surface area contributed by atoms with Crippen molar-refractivity contribution in [3.05, 3.63) is 238 Å². The fourth-order valence-electron chi connectivity index (χ4n) is 7.14. The van der Waals surface area contributed by atoms with E-state index in [4.69, 9.17) is 34.3 Å². The molecule has 9 rings (SSSR count). The van der Waals surface area contributed by atoms with Gasteiger partial charge in [-0.25, -0.2) is 52.7 Å². The van der Waals surface area contributed by atoms with Crippen LogP contribution in [0.15, 0.2) is 128 Å². The number of hydrogen-bond acceptors (Lipinski definition) is 9. The van der Waals surface area contributed by atoms with Crippen molar-refractivity contribution in [1.82, 2.24) is 0 Å². The van der Waals surface area contributed by atoms with Crippen LogP contribution in [0.1, 0.15) is 46.2 Å². The third kappa shape index (κ3) is 37.6. The minimum atomic E-state index is -1.11. The summed E-state index contributed by atoms with van der Waals surface area (Å²) in [5.74, 6) is -8.76. The predicted octanol–water partition coefficient (Wildman–Crippen LogP) is 7.68. The Bertz CT molecular complexity index is 2800. The molecule has 3 saturated heterocycles. The number of aliphatic hydroxyl groups is 3. The molecule has 5 unspecified atom stereocenters. The summed E-state index contributed by atoms with van der Waals surface area (Å²) < 4.78 is 171. The van der Waals surface area contributed by atoms with Crippen LogP contribution in [0.4, 0.5) is 52.7 Å². The van der Waals surface area contributed by atoms with E-state index in [1.54, 1.807) is 7.11 Å². The summed E-state index contributed by atoms with van der Waals surface area (Å²) in [6.45, 7) is 13.5. The summed E-state index contributed by atoms with van der Waals surface area (Å²) in [6.07, 6.45) is 3.67. The standard InChI is InChI=1S/C11H12F2O2.C10H10F2O2.C10H10F2O.C8H6F2O2.C8H8F2O.C8H6F2O.C4H8O.C2H3.B.BrH.Mg/c1-14-10(11-6-15-11)4-7-2-8(12)5-9(13)3-7;11-7-1-6(2-8(12)4-7)3-9(13)10-5-14-10;1-2-10(13)5-7-3-8(11)6-9(12)4-7;9-6-1-5(3-8(11)12)2-7(10)4-6;2*9-7-3-6(1-2-11)4-8(10)5-7;1-2-4-5-3-1;1-2;;;/h2-3,5,10-11H,4,6H2,1H3;1-2,4,9-10,13H,3,5H2;2-4,6,10,13H,1,5H2;1-2,4H,3H2,(H,11,12);3-5,11H,1-2H2;2-5H,1H2;1-4H2;1H,2H2;;1H;/q;;;;;;;-1;;;+2/p-1. The van der Waals surface area contributed by atoms with Crippen molar-refractivity contribution in [2.75, 3.05) is 40.1 Å². The fourth-order valence-corrected chi connectivity index (χ4v) is 7.14. The van der Waals surface area contributed by atoms with Crippen molar-refractivity contribution < 1.29 is 119 Å². The van der Waals surface area contributed by atoms with E-state index in [-0.39, 0.29) is 111 Å². The third-order valence-electron chi connectivity index (χ3n) is 10.9. The third-order valence-corrected chi connectivity index (χ3v) is 10.9. The first-order chi connectivity index (χ1) is 39.5. The van der Waals surface area contributed by atoms with Crippen LogP contribution < -0.4 is 17.0 Å². The average molecular weight is 1300 g/mol. The first-order valence-electron chi connectivity index (χ1n) is 25.2. The van der Waals surface area contributed by atoms with Crippen LogP contribution in [0.25, 0.3) is 0 Å². The molecule has 6 aromatic carbocycles. The number of aliphatic carboxylic acids is 1. The first kappa shape index (κ1) is 82.2. The number of halogens is 13. The van der Waals surface area contributed by atoms with Crippen LogP contribution in [0.3, 0.4) is 0 Å². The largest absolute Gasteiger partial charge is 2.00 e. The van der Waals surface area contributed by atoms with Gasteiger partial charge in [-0.3, -0.25) is 11.4 Å². The second-order valence-corrected chi connectivity index (χ2v) is 17.9. The topological polar surface area (TPSA) is 159 Å². The number of epoxide rings is 2. The second-order valence-electron chi connectivity index (χ2n) is 17.9. The van der Waals surface area contributed by atoms with Gasteiger partial charge in [0, 0.05) is 97.4 Å². The molecule has 5 atom stereocenters. The van der Waals surface area contributed by atoms with Crippen molar-refractivity contribution in [1.29, 1.82) is 0 Å². The molecule has 6 aromatic rings. The van der Waals surface area contributed by atoms with Crippen LogP contribution in [0.5, 0.6) is 0 Å². The molecule has 25 heteroatoms. The molecular weight excluding hydrogens is 1240 g/mol. The van der Waals surface area contributed by atoms with Gasteiger partial charge in [-0.2, -0.15) is 0 Å². The van der Waals surface area contributed by atoms with Gasteiger partial charge in [-0.05, 0) is 125 Å². The van der Waals surface area contributed by atoms with E-state index in [1.807, 2.05) is 0 Å². The zero-order valence-electron chi connectivity index (χ0n) is 46.6. The van der Waals surface area contributed by atoms with Crippen molar-refractivity contribution in [2.45, 2.75) is 81.9 Å². The minimum absolute atomic E-state index is 0. The number of aldehydes is 1. The van der Waals surface area contributed by atoms with Crippen molar-refractivity contribution in [3.8, 4) is 0 Å². The zero-order valence-corrected chi connectivity index (χ0v) is 49.6. The smallest absolute Gasteiger partial charge is 1.00 e. The molecule has 3 fully saturated rings. The molecule has 463 valence electrons. The number of benzene rings is 6. The maximum absolute atomic E-state index is 12.9. The Morgan fingerprint density at radius 3 is 1.16 bits per heavy atom. The maximum atomic E-state index is 12.9. The van der Waals surface area contributed by atoms with Gasteiger partial charge in [0.2, 0.25) is 0 Å². The molecule has 3 heterocycles. The van der Waals surface area contributed by atoms with Gasteiger partial charge >= 0.3 is 29.0 Å². The van der Waals surface area contributed by atoms with E-state index >= 15 is 0 Å². The van der Waals surface area contributed by atoms with Gasteiger partial charge in [-0.15, -0.1) is 6.58 Å². The average Bonchev–Trinajstić information content (AvgIpc) is 4.49. The SMILES string of the molecule is C1CCOC1.C=CC(O)Cc1cc(F)cc(F)c1.COC(Cc1cc(F)cc(F)c1)C1CO1.O=C(O)Cc1cc(F)cc(F)c1.O=CCc1cc(F)cc(F)c1.OC(Cc1cc(F)cc(F)c1)C1CO1.OCCc1cc(F)cc(F)c1.[B].[Br-].[CH-]=C.[Mg+2]. The normalized spacial score (nSPS) is 14.6. The van der Waals surface area contributed by atoms with Crippen LogP contribution in [-0.2, 0) is 67.1 Å². The van der Waals surface area contributed by atoms with E-state index in [0.717, 1.165) is 67.8 Å². The Balaban J connectivity index is 0. The predicted molar refractivity (Wildman–Crippen MR) is 295 cm³/mol. The second kappa shape index (κ2) is 45.4. The van der Waals surface area contributed by atoms with Gasteiger partial charge in [0.05, 0.1) is 37.9 Å². The molecule has 0 aliphatic carbocycles. The van der Waals surface area contributed by atoms with Crippen LogP contribution >= 0.6 is 0 Å². The first-order valence-corrected chi connectivity index (χ1v) is 25.2. The number of ether oxygens (including phenoxy) is 4. The number of carbonyl (C=O) groups is 2. The van der Waals surface area contributed by atoms with Crippen molar-refractivity contribution >= 4 is 43.7 Å². The fraction of sp³-hybridized carbons (Fsp3) is 0.311. The van der Waals surface area contributed by atoms with E-state index in [1.165, 1.54) is 67.4 Å². The number of rotatable bonds is 16. The Hall–Kier alpha value is -5.87. The molecular formula is C61H63BBrF12MgO10. The van der Waals surface area contributed by atoms with E-state index in [9.17, 15) is 67.4 Å². The summed E-state index contributed by atoms with van der Waals surface area (Å²) in [5.41, 5.74) is 2.42. The summed E-state index contributed by atoms with van der Waals surface area (Å²) in [4.78, 5) is 20.1. The quantitative estimate of drug-likeness (QED) is 0.0189.